The van der Waals surface area contributed by atoms with Crippen molar-refractivity contribution >= 4 is 46.0 Å². The molecule has 0 saturated heterocycles. The lowest BCUT2D eigenvalue weighted by molar-refractivity contribution is -0.116. The van der Waals surface area contributed by atoms with Crippen LogP contribution in [-0.2, 0) is 17.0 Å². The molecule has 0 unspecified atom stereocenters. The minimum atomic E-state index is -0.0786. The van der Waals surface area contributed by atoms with Crippen molar-refractivity contribution in [2.24, 2.45) is 0 Å². The number of hydrogen-bond acceptors (Lipinski definition) is 6. The first-order chi connectivity index (χ1) is 14.9. The fraction of sp³-hybridized carbons (Fsp3) is 0.273. The summed E-state index contributed by atoms with van der Waals surface area (Å²) in [5.74, 6) is 1.43. The van der Waals surface area contributed by atoms with Gasteiger partial charge in [0.15, 0.2) is 11.0 Å². The van der Waals surface area contributed by atoms with Crippen molar-refractivity contribution in [3.05, 3.63) is 63.8 Å². The predicted octanol–water partition coefficient (Wildman–Crippen LogP) is 5.39. The van der Waals surface area contributed by atoms with E-state index < -0.39 is 0 Å². The molecule has 0 fully saturated rings. The smallest absolute Gasteiger partial charge is 0.227 e. The number of aryl methyl sites for hydroxylation is 4. The Bertz CT molecular complexity index is 1230. The highest BCUT2D eigenvalue weighted by Crippen LogP contribution is 2.24. The van der Waals surface area contributed by atoms with Crippen LogP contribution in [0.15, 0.2) is 40.0 Å². The Morgan fingerprint density at radius 2 is 1.94 bits per heavy atom. The van der Waals surface area contributed by atoms with Gasteiger partial charge in [-0.3, -0.25) is 4.79 Å². The molecule has 0 aliphatic rings. The minimum absolute atomic E-state index is 0.0786. The number of thioether (sulfide) groups is 1. The lowest BCUT2D eigenvalue weighted by Crippen LogP contribution is -2.14. The quantitative estimate of drug-likeness (QED) is 0.363. The van der Waals surface area contributed by atoms with E-state index in [0.29, 0.717) is 28.9 Å². The lowest BCUT2D eigenvalue weighted by atomic mass is 10.0. The molecule has 4 rings (SSSR count). The molecule has 7 nitrogen and oxygen atoms in total. The van der Waals surface area contributed by atoms with Crippen LogP contribution in [0.3, 0.4) is 0 Å². The molecule has 9 heteroatoms. The highest BCUT2D eigenvalue weighted by molar-refractivity contribution is 7.98. The number of carbonyl (C=O) groups excluding carboxylic acids is 1. The molecule has 31 heavy (non-hydrogen) atoms. The van der Waals surface area contributed by atoms with Crippen molar-refractivity contribution in [1.82, 2.24) is 20.1 Å². The number of halogens is 1. The molecule has 0 aliphatic carbocycles. The molecule has 1 amide bonds. The van der Waals surface area contributed by atoms with E-state index in [9.17, 15) is 4.79 Å². The monoisotopic (exact) mass is 455 g/mol. The van der Waals surface area contributed by atoms with E-state index in [4.69, 9.17) is 16.1 Å². The zero-order chi connectivity index (χ0) is 22.0. The molecule has 0 aliphatic heterocycles. The van der Waals surface area contributed by atoms with E-state index in [2.05, 4.69) is 37.6 Å². The minimum Gasteiger partial charge on any atom is -0.339 e. The summed E-state index contributed by atoms with van der Waals surface area (Å²) in [5.41, 5.74) is 5.88. The largest absolute Gasteiger partial charge is 0.339 e. The molecule has 0 atom stereocenters. The van der Waals surface area contributed by atoms with Crippen LogP contribution in [-0.4, -0.2) is 26.0 Å². The van der Waals surface area contributed by atoms with Crippen LogP contribution in [0.4, 0.5) is 5.69 Å². The number of H-pyrrole nitrogens is 1. The maximum atomic E-state index is 12.4. The number of nitrogens with one attached hydrogen (secondary N) is 2. The van der Waals surface area contributed by atoms with E-state index in [1.165, 1.54) is 17.3 Å². The summed E-state index contributed by atoms with van der Waals surface area (Å²) in [6.07, 6.45) is 0.655. The second-order valence-electron chi connectivity index (χ2n) is 7.42. The van der Waals surface area contributed by atoms with Gasteiger partial charge in [-0.1, -0.05) is 46.2 Å². The number of imidazole rings is 1. The van der Waals surface area contributed by atoms with E-state index in [1.807, 2.05) is 39.0 Å². The third-order valence-corrected chi connectivity index (χ3v) is 5.88. The number of hydrogen-bond donors (Lipinski definition) is 2. The topological polar surface area (TPSA) is 96.7 Å². The molecule has 2 heterocycles. The fourth-order valence-corrected chi connectivity index (χ4v) is 4.31. The van der Waals surface area contributed by atoms with E-state index in [0.717, 1.165) is 33.0 Å². The number of fused-ring (bicyclic) bond motifs is 1. The Morgan fingerprint density at radius 3 is 2.71 bits per heavy atom. The van der Waals surface area contributed by atoms with Gasteiger partial charge in [-0.05, 0) is 50.1 Å². The van der Waals surface area contributed by atoms with Crippen molar-refractivity contribution in [2.45, 2.75) is 44.5 Å². The predicted molar refractivity (Wildman–Crippen MR) is 123 cm³/mol. The van der Waals surface area contributed by atoms with Crippen LogP contribution >= 0.6 is 23.4 Å². The van der Waals surface area contributed by atoms with Crippen molar-refractivity contribution in [3.8, 4) is 0 Å². The standard InChI is InChI=1S/C22H22ClN5O2S/c1-12-8-13(2)21(14(3)9-12)27-19(29)6-7-20-26-18(28-30-20)11-31-22-24-16-5-4-15(23)10-17(16)25-22/h4-5,8-10H,6-7,11H2,1-3H3,(H,24,25)(H,27,29). The second-order valence-corrected chi connectivity index (χ2v) is 8.82. The molecule has 0 bridgehead atoms. The average Bonchev–Trinajstić information content (AvgIpc) is 3.33. The van der Waals surface area contributed by atoms with Crippen molar-refractivity contribution < 1.29 is 9.32 Å². The number of carbonyl (C=O) groups is 1. The first-order valence-corrected chi connectivity index (χ1v) is 11.2. The number of rotatable bonds is 7. The van der Waals surface area contributed by atoms with Crippen molar-refractivity contribution in [1.29, 1.82) is 0 Å². The first kappa shape index (κ1) is 21.4. The van der Waals surface area contributed by atoms with Gasteiger partial charge < -0.3 is 14.8 Å². The third kappa shape index (κ3) is 5.26. The Hall–Kier alpha value is -2.84. The Labute approximate surface area is 189 Å². The summed E-state index contributed by atoms with van der Waals surface area (Å²) in [4.78, 5) is 24.5. The zero-order valence-corrected chi connectivity index (χ0v) is 19.0. The molecule has 4 aromatic rings. The van der Waals surface area contributed by atoms with Gasteiger partial charge in [-0.25, -0.2) is 4.98 Å². The lowest BCUT2D eigenvalue weighted by Gasteiger charge is -2.12. The molecule has 0 saturated carbocycles. The van der Waals surface area contributed by atoms with Crippen LogP contribution < -0.4 is 5.32 Å². The van der Waals surface area contributed by atoms with Crippen LogP contribution in [0, 0.1) is 20.8 Å². The summed E-state index contributed by atoms with van der Waals surface area (Å²) >= 11 is 7.48. The van der Waals surface area contributed by atoms with Crippen molar-refractivity contribution in [2.75, 3.05) is 5.32 Å². The maximum Gasteiger partial charge on any atom is 0.227 e. The van der Waals surface area contributed by atoms with Crippen LogP contribution in [0.1, 0.15) is 34.8 Å². The van der Waals surface area contributed by atoms with Gasteiger partial charge in [0.1, 0.15) is 0 Å². The number of anilines is 1. The Morgan fingerprint density at radius 1 is 1.16 bits per heavy atom. The summed E-state index contributed by atoms with van der Waals surface area (Å²) in [5, 5.41) is 8.40. The number of benzene rings is 2. The number of aromatic amines is 1. The summed E-state index contributed by atoms with van der Waals surface area (Å²) < 4.78 is 5.29. The molecule has 0 radical (unpaired) electrons. The van der Waals surface area contributed by atoms with Gasteiger partial charge in [0.2, 0.25) is 11.8 Å². The molecule has 2 N–H and O–H groups in total. The SMILES string of the molecule is Cc1cc(C)c(NC(=O)CCc2nc(CSc3nc4ccc(Cl)cc4[nH]3)no2)c(C)c1. The van der Waals surface area contributed by atoms with Gasteiger partial charge in [0.05, 0.1) is 16.8 Å². The van der Waals surface area contributed by atoms with Crippen LogP contribution in [0.2, 0.25) is 5.02 Å². The molecule has 2 aromatic heterocycles. The van der Waals surface area contributed by atoms with Gasteiger partial charge in [-0.15, -0.1) is 0 Å². The van der Waals surface area contributed by atoms with Crippen LogP contribution in [0.5, 0.6) is 0 Å². The number of amides is 1. The Balaban J connectivity index is 1.30. The third-order valence-electron chi connectivity index (χ3n) is 4.78. The van der Waals surface area contributed by atoms with Gasteiger partial charge in [0, 0.05) is 23.6 Å². The molecule has 0 spiro atoms. The highest BCUT2D eigenvalue weighted by Gasteiger charge is 2.13. The summed E-state index contributed by atoms with van der Waals surface area (Å²) in [7, 11) is 0. The van der Waals surface area contributed by atoms with E-state index in [1.54, 1.807) is 0 Å². The summed E-state index contributed by atoms with van der Waals surface area (Å²) in [6, 6.07) is 9.63. The Kier molecular flexibility index (Phi) is 6.29. The number of aromatic nitrogens is 4. The van der Waals surface area contributed by atoms with Crippen molar-refractivity contribution in [3.63, 3.8) is 0 Å². The molecular weight excluding hydrogens is 434 g/mol. The second kappa shape index (κ2) is 9.11. The number of nitrogens with zero attached hydrogens (tertiary/aromatic N) is 3. The maximum absolute atomic E-state index is 12.4. The van der Waals surface area contributed by atoms with Crippen LogP contribution in [0.25, 0.3) is 11.0 Å². The average molecular weight is 456 g/mol. The highest BCUT2D eigenvalue weighted by atomic mass is 35.5. The van der Waals surface area contributed by atoms with E-state index in [-0.39, 0.29) is 12.3 Å². The molecule has 160 valence electrons. The fourth-order valence-electron chi connectivity index (χ4n) is 3.41. The van der Waals surface area contributed by atoms with Gasteiger partial charge in [0.25, 0.3) is 0 Å². The van der Waals surface area contributed by atoms with Gasteiger partial charge in [-0.2, -0.15) is 4.98 Å². The van der Waals surface area contributed by atoms with E-state index >= 15 is 0 Å². The van der Waals surface area contributed by atoms with Gasteiger partial charge >= 0.3 is 0 Å². The summed E-state index contributed by atoms with van der Waals surface area (Å²) in [6.45, 7) is 6.03. The molecular formula is C22H22ClN5O2S. The zero-order valence-electron chi connectivity index (χ0n) is 17.5. The normalized spacial score (nSPS) is 11.2. The molecule has 2 aromatic carbocycles. The first-order valence-electron chi connectivity index (χ1n) is 9.84.